The molecule has 2 aromatic rings. The Balaban J connectivity index is 1.65. The van der Waals surface area contributed by atoms with Crippen LogP contribution in [0.5, 0.6) is 0 Å². The maximum Gasteiger partial charge on any atom is 0.274 e. The van der Waals surface area contributed by atoms with Gasteiger partial charge in [0, 0.05) is 17.9 Å². The summed E-state index contributed by atoms with van der Waals surface area (Å²) in [6.45, 7) is 2.02. The van der Waals surface area contributed by atoms with Gasteiger partial charge in [-0.1, -0.05) is 43.4 Å². The summed E-state index contributed by atoms with van der Waals surface area (Å²) < 4.78 is 0. The first-order valence-electron chi connectivity index (χ1n) is 8.68. The highest BCUT2D eigenvalue weighted by atomic mass is 16.1. The zero-order valence-corrected chi connectivity index (χ0v) is 14.1. The SMILES string of the molecule is Cc1ccc(NC(=O)c2ccnc(NC3CCCCCC3)n2)cc1. The number of carbonyl (C=O) groups is 1. The average molecular weight is 324 g/mol. The Kier molecular flexibility index (Phi) is 5.41. The van der Waals surface area contributed by atoms with Crippen molar-refractivity contribution in [1.82, 2.24) is 9.97 Å². The van der Waals surface area contributed by atoms with E-state index >= 15 is 0 Å². The molecule has 1 aliphatic carbocycles. The fraction of sp³-hybridized carbons (Fsp3) is 0.421. The molecule has 0 aliphatic heterocycles. The van der Waals surface area contributed by atoms with Gasteiger partial charge in [-0.25, -0.2) is 9.97 Å². The van der Waals surface area contributed by atoms with E-state index in [2.05, 4.69) is 20.6 Å². The molecule has 1 aromatic heterocycles. The minimum Gasteiger partial charge on any atom is -0.351 e. The second-order valence-corrected chi connectivity index (χ2v) is 6.42. The number of benzene rings is 1. The first kappa shape index (κ1) is 16.4. The lowest BCUT2D eigenvalue weighted by molar-refractivity contribution is 0.102. The van der Waals surface area contributed by atoms with E-state index in [0.717, 1.165) is 24.1 Å². The van der Waals surface area contributed by atoms with Crippen LogP contribution in [0.25, 0.3) is 0 Å². The second-order valence-electron chi connectivity index (χ2n) is 6.42. The van der Waals surface area contributed by atoms with Gasteiger partial charge in [-0.15, -0.1) is 0 Å². The van der Waals surface area contributed by atoms with Crippen LogP contribution in [0, 0.1) is 6.92 Å². The Hall–Kier alpha value is -2.43. The number of aromatic nitrogens is 2. The number of rotatable bonds is 4. The molecule has 0 atom stereocenters. The van der Waals surface area contributed by atoms with Gasteiger partial charge < -0.3 is 10.6 Å². The number of nitrogens with zero attached hydrogens (tertiary/aromatic N) is 2. The molecule has 3 rings (SSSR count). The van der Waals surface area contributed by atoms with Crippen LogP contribution in [-0.4, -0.2) is 21.9 Å². The number of hydrogen-bond donors (Lipinski definition) is 2. The number of nitrogens with one attached hydrogen (secondary N) is 2. The lowest BCUT2D eigenvalue weighted by Crippen LogP contribution is -2.21. The molecule has 0 saturated heterocycles. The van der Waals surface area contributed by atoms with Crippen LogP contribution in [-0.2, 0) is 0 Å². The van der Waals surface area contributed by atoms with Gasteiger partial charge in [0.2, 0.25) is 5.95 Å². The fourth-order valence-corrected chi connectivity index (χ4v) is 2.99. The molecule has 2 N–H and O–H groups in total. The second kappa shape index (κ2) is 7.90. The highest BCUT2D eigenvalue weighted by Gasteiger charge is 2.14. The van der Waals surface area contributed by atoms with Crippen molar-refractivity contribution in [2.45, 2.75) is 51.5 Å². The molecule has 1 saturated carbocycles. The molecule has 0 bridgehead atoms. The molecule has 24 heavy (non-hydrogen) atoms. The molecule has 1 amide bonds. The third-order valence-electron chi connectivity index (χ3n) is 4.39. The Labute approximate surface area is 142 Å². The van der Waals surface area contributed by atoms with E-state index < -0.39 is 0 Å². The molecule has 1 heterocycles. The molecule has 1 aromatic carbocycles. The van der Waals surface area contributed by atoms with E-state index in [1.165, 1.54) is 25.7 Å². The van der Waals surface area contributed by atoms with E-state index in [1.807, 2.05) is 31.2 Å². The van der Waals surface area contributed by atoms with Crippen molar-refractivity contribution in [2.75, 3.05) is 10.6 Å². The van der Waals surface area contributed by atoms with Gasteiger partial charge in [0.15, 0.2) is 0 Å². The standard InChI is InChI=1S/C19H24N4O/c1-14-8-10-16(11-9-14)21-18(24)17-12-13-20-19(23-17)22-15-6-4-2-3-5-7-15/h8-13,15H,2-7H2,1H3,(H,21,24)(H,20,22,23). The van der Waals surface area contributed by atoms with Crippen LogP contribution < -0.4 is 10.6 Å². The first-order chi connectivity index (χ1) is 11.7. The summed E-state index contributed by atoms with van der Waals surface area (Å²) in [5.74, 6) is 0.323. The minimum absolute atomic E-state index is 0.217. The Morgan fingerprint density at radius 2 is 1.75 bits per heavy atom. The van der Waals surface area contributed by atoms with Crippen LogP contribution in [0.4, 0.5) is 11.6 Å². The summed E-state index contributed by atoms with van der Waals surface area (Å²) in [6.07, 6.45) is 9.01. The summed E-state index contributed by atoms with van der Waals surface area (Å²) >= 11 is 0. The van der Waals surface area contributed by atoms with E-state index in [9.17, 15) is 4.79 Å². The maximum absolute atomic E-state index is 12.4. The monoisotopic (exact) mass is 324 g/mol. The molecule has 0 radical (unpaired) electrons. The number of anilines is 2. The summed E-state index contributed by atoms with van der Waals surface area (Å²) in [5.41, 5.74) is 2.30. The van der Waals surface area contributed by atoms with Crippen LogP contribution in [0.1, 0.15) is 54.6 Å². The third kappa shape index (κ3) is 4.54. The summed E-state index contributed by atoms with van der Waals surface area (Å²) in [4.78, 5) is 21.0. The highest BCUT2D eigenvalue weighted by molar-refractivity contribution is 6.02. The summed E-state index contributed by atoms with van der Waals surface area (Å²) in [7, 11) is 0. The van der Waals surface area contributed by atoms with Gasteiger partial charge in [0.05, 0.1) is 0 Å². The number of amides is 1. The molecule has 1 fully saturated rings. The van der Waals surface area contributed by atoms with Gasteiger partial charge in [-0.3, -0.25) is 4.79 Å². The molecular weight excluding hydrogens is 300 g/mol. The van der Waals surface area contributed by atoms with Crippen molar-refractivity contribution in [3.63, 3.8) is 0 Å². The Morgan fingerprint density at radius 1 is 1.04 bits per heavy atom. The zero-order valence-electron chi connectivity index (χ0n) is 14.1. The highest BCUT2D eigenvalue weighted by Crippen LogP contribution is 2.20. The molecule has 5 nitrogen and oxygen atoms in total. The maximum atomic E-state index is 12.4. The number of carbonyl (C=O) groups excluding carboxylic acids is 1. The predicted molar refractivity (Wildman–Crippen MR) is 96.3 cm³/mol. The third-order valence-corrected chi connectivity index (χ3v) is 4.39. The lowest BCUT2D eigenvalue weighted by atomic mass is 10.1. The molecule has 1 aliphatic rings. The predicted octanol–water partition coefficient (Wildman–Crippen LogP) is 4.17. The molecular formula is C19H24N4O. The fourth-order valence-electron chi connectivity index (χ4n) is 2.99. The van der Waals surface area contributed by atoms with Gasteiger partial charge in [-0.05, 0) is 38.0 Å². The molecule has 126 valence electrons. The molecule has 5 heteroatoms. The number of aryl methyl sites for hydroxylation is 1. The largest absolute Gasteiger partial charge is 0.351 e. The zero-order chi connectivity index (χ0) is 16.8. The first-order valence-corrected chi connectivity index (χ1v) is 8.68. The van der Waals surface area contributed by atoms with Crippen LogP contribution in [0.15, 0.2) is 36.5 Å². The summed E-state index contributed by atoms with van der Waals surface area (Å²) in [6, 6.07) is 9.76. The minimum atomic E-state index is -0.217. The van der Waals surface area contributed by atoms with E-state index in [1.54, 1.807) is 12.3 Å². The van der Waals surface area contributed by atoms with Crippen LogP contribution >= 0.6 is 0 Å². The van der Waals surface area contributed by atoms with Crippen molar-refractivity contribution in [2.24, 2.45) is 0 Å². The van der Waals surface area contributed by atoms with Gasteiger partial charge in [-0.2, -0.15) is 0 Å². The van der Waals surface area contributed by atoms with Crippen LogP contribution in [0.2, 0.25) is 0 Å². The van der Waals surface area contributed by atoms with Gasteiger partial charge in [0.1, 0.15) is 5.69 Å². The normalized spacial score (nSPS) is 15.5. The van der Waals surface area contributed by atoms with Gasteiger partial charge in [0.25, 0.3) is 5.91 Å². The van der Waals surface area contributed by atoms with Gasteiger partial charge >= 0.3 is 0 Å². The van der Waals surface area contributed by atoms with Crippen molar-refractivity contribution in [3.05, 3.63) is 47.8 Å². The Morgan fingerprint density at radius 3 is 2.46 bits per heavy atom. The lowest BCUT2D eigenvalue weighted by Gasteiger charge is -2.16. The van der Waals surface area contributed by atoms with Crippen molar-refractivity contribution < 1.29 is 4.79 Å². The van der Waals surface area contributed by atoms with Crippen LogP contribution in [0.3, 0.4) is 0 Å². The molecule has 0 spiro atoms. The quantitative estimate of drug-likeness (QED) is 0.828. The van der Waals surface area contributed by atoms with Crippen molar-refractivity contribution in [1.29, 1.82) is 0 Å². The van der Waals surface area contributed by atoms with E-state index in [4.69, 9.17) is 0 Å². The smallest absolute Gasteiger partial charge is 0.274 e. The topological polar surface area (TPSA) is 66.9 Å². The van der Waals surface area contributed by atoms with Crippen molar-refractivity contribution >= 4 is 17.5 Å². The number of hydrogen-bond acceptors (Lipinski definition) is 4. The van der Waals surface area contributed by atoms with E-state index in [-0.39, 0.29) is 5.91 Å². The Bertz CT molecular complexity index is 676. The average Bonchev–Trinajstić information content (AvgIpc) is 2.86. The van der Waals surface area contributed by atoms with Crippen molar-refractivity contribution in [3.8, 4) is 0 Å². The summed E-state index contributed by atoms with van der Waals surface area (Å²) in [5, 5.41) is 6.25. The molecule has 0 unspecified atom stereocenters. The van der Waals surface area contributed by atoms with E-state index in [0.29, 0.717) is 17.7 Å².